The van der Waals surface area contributed by atoms with Crippen LogP contribution in [0.5, 0.6) is 5.88 Å². The van der Waals surface area contributed by atoms with Gasteiger partial charge in [0.25, 0.3) is 5.91 Å². The predicted molar refractivity (Wildman–Crippen MR) is 192 cm³/mol. The molecule has 2 aliphatic rings. The Labute approximate surface area is 289 Å². The largest absolute Gasteiger partial charge is 0.481 e. The summed E-state index contributed by atoms with van der Waals surface area (Å²) in [7, 11) is 1.65. The van der Waals surface area contributed by atoms with Crippen molar-refractivity contribution in [1.82, 2.24) is 24.3 Å². The molecule has 8 heteroatoms. The summed E-state index contributed by atoms with van der Waals surface area (Å²) in [6.45, 7) is 4.80. The number of hydrogen-bond donors (Lipinski definition) is 1. The van der Waals surface area contributed by atoms with Gasteiger partial charge in [0.2, 0.25) is 5.88 Å². The summed E-state index contributed by atoms with van der Waals surface area (Å²) >= 11 is 0. The van der Waals surface area contributed by atoms with Gasteiger partial charge in [-0.05, 0) is 55.0 Å². The number of rotatable bonds is 9. The highest BCUT2D eigenvalue weighted by Gasteiger charge is 2.40. The molecule has 3 atom stereocenters. The molecule has 7 rings (SSSR count). The van der Waals surface area contributed by atoms with Crippen LogP contribution in [0, 0.1) is 0 Å². The second-order valence-electron chi connectivity index (χ2n) is 13.6. The summed E-state index contributed by atoms with van der Waals surface area (Å²) in [5.41, 5.74) is 5.63. The number of aromatic nitrogens is 3. The summed E-state index contributed by atoms with van der Waals surface area (Å²) in [5.74, 6) is 0.503. The lowest BCUT2D eigenvalue weighted by atomic mass is 9.81. The van der Waals surface area contributed by atoms with E-state index >= 15 is 0 Å². The molecule has 8 nitrogen and oxygen atoms in total. The van der Waals surface area contributed by atoms with Gasteiger partial charge in [-0.1, -0.05) is 97.8 Å². The zero-order chi connectivity index (χ0) is 33.8. The van der Waals surface area contributed by atoms with Crippen LogP contribution in [0.2, 0.25) is 0 Å². The first-order valence-corrected chi connectivity index (χ1v) is 17.4. The lowest BCUT2D eigenvalue weighted by Gasteiger charge is -2.42. The number of ether oxygens (including phenoxy) is 1. The molecule has 2 fully saturated rings. The third-order valence-electron chi connectivity index (χ3n) is 10.3. The quantitative estimate of drug-likeness (QED) is 0.183. The van der Waals surface area contributed by atoms with Crippen LogP contribution < -0.4 is 4.74 Å². The van der Waals surface area contributed by atoms with Crippen molar-refractivity contribution < 1.29 is 14.6 Å². The van der Waals surface area contributed by atoms with E-state index in [9.17, 15) is 9.90 Å². The van der Waals surface area contributed by atoms with Gasteiger partial charge in [-0.15, -0.1) is 0 Å². The summed E-state index contributed by atoms with van der Waals surface area (Å²) in [4.78, 5) is 28.7. The topological polar surface area (TPSA) is 83.7 Å². The van der Waals surface area contributed by atoms with Crippen molar-refractivity contribution in [1.29, 1.82) is 0 Å². The second-order valence-corrected chi connectivity index (χ2v) is 13.6. The van der Waals surface area contributed by atoms with Gasteiger partial charge in [0, 0.05) is 49.5 Å². The van der Waals surface area contributed by atoms with Crippen molar-refractivity contribution in [2.45, 2.75) is 63.3 Å². The fourth-order valence-corrected chi connectivity index (χ4v) is 7.83. The van der Waals surface area contributed by atoms with Crippen molar-refractivity contribution in [3.05, 3.63) is 126 Å². The molecule has 1 amide bonds. The first kappa shape index (κ1) is 32.7. The molecule has 1 N–H and O–H groups in total. The third-order valence-corrected chi connectivity index (χ3v) is 10.3. The van der Waals surface area contributed by atoms with Crippen molar-refractivity contribution in [2.24, 2.45) is 0 Å². The fourth-order valence-electron chi connectivity index (χ4n) is 7.83. The third kappa shape index (κ3) is 6.89. The molecule has 1 saturated carbocycles. The number of piperazine rings is 1. The fraction of sp³-hybridized carbons (Fsp3) is 0.341. The SMILES string of the molecule is COc1ncccc1-c1ccccc1C[C@@H]1CN(Cc2ccccc2)CCN1C(=O)c1ncn([C@@H]2CCCC[C@]2(C)O)c1-c1ccccc1. The Morgan fingerprint density at radius 1 is 0.898 bits per heavy atom. The lowest BCUT2D eigenvalue weighted by Crippen LogP contribution is -2.55. The number of methoxy groups -OCH3 is 1. The minimum Gasteiger partial charge on any atom is -0.481 e. The number of amides is 1. The van der Waals surface area contributed by atoms with Crippen LogP contribution in [0.4, 0.5) is 0 Å². The number of pyridine rings is 1. The number of hydrogen-bond acceptors (Lipinski definition) is 6. The molecule has 0 spiro atoms. The molecular formula is C41H45N5O3. The van der Waals surface area contributed by atoms with Gasteiger partial charge in [0.15, 0.2) is 5.69 Å². The Morgan fingerprint density at radius 3 is 2.41 bits per heavy atom. The number of imidazole rings is 1. The maximum atomic E-state index is 14.9. The van der Waals surface area contributed by atoms with Gasteiger partial charge in [-0.25, -0.2) is 9.97 Å². The maximum absolute atomic E-state index is 14.9. The minimum absolute atomic E-state index is 0.0751. The van der Waals surface area contributed by atoms with Gasteiger partial charge >= 0.3 is 0 Å². The Morgan fingerprint density at radius 2 is 1.63 bits per heavy atom. The maximum Gasteiger partial charge on any atom is 0.275 e. The van der Waals surface area contributed by atoms with E-state index in [4.69, 9.17) is 9.72 Å². The zero-order valence-corrected chi connectivity index (χ0v) is 28.4. The Bertz CT molecular complexity index is 1870. The number of benzene rings is 3. The molecule has 3 heterocycles. The molecule has 1 aliphatic carbocycles. The molecular weight excluding hydrogens is 610 g/mol. The summed E-state index contributed by atoms with van der Waals surface area (Å²) in [6.07, 6.45) is 7.76. The van der Waals surface area contributed by atoms with E-state index < -0.39 is 5.60 Å². The Balaban J connectivity index is 1.27. The van der Waals surface area contributed by atoms with Gasteiger partial charge in [0.1, 0.15) is 0 Å². The molecule has 0 unspecified atom stereocenters. The monoisotopic (exact) mass is 655 g/mol. The molecule has 5 aromatic rings. The van der Waals surface area contributed by atoms with Crippen molar-refractivity contribution >= 4 is 5.91 Å². The van der Waals surface area contributed by atoms with Crippen molar-refractivity contribution in [3.8, 4) is 28.3 Å². The van der Waals surface area contributed by atoms with Crippen LogP contribution in [0.1, 0.15) is 60.3 Å². The van der Waals surface area contributed by atoms with E-state index in [2.05, 4.69) is 56.9 Å². The first-order valence-electron chi connectivity index (χ1n) is 17.4. The number of nitrogens with zero attached hydrogens (tertiary/aromatic N) is 5. The van der Waals surface area contributed by atoms with Crippen LogP contribution >= 0.6 is 0 Å². The highest BCUT2D eigenvalue weighted by Crippen LogP contribution is 2.41. The van der Waals surface area contributed by atoms with E-state index in [-0.39, 0.29) is 18.0 Å². The standard InChI is InChI=1S/C41H45N5O3/c1-41(48)22-12-11-21-36(41)46-29-43-37(38(46)31-16-7-4-8-17-31)40(47)45-25-24-44(27-30-14-5-3-6-15-30)28-33(45)26-32-18-9-10-19-34(32)35-20-13-23-42-39(35)49-2/h3-10,13-20,23,29,33,36,48H,11-12,21-22,24-28H2,1-2H3/t33-,36-,41+/m1/s1. The minimum atomic E-state index is -0.883. The highest BCUT2D eigenvalue weighted by molar-refractivity contribution is 5.98. The molecule has 49 heavy (non-hydrogen) atoms. The Hall–Kier alpha value is -4.79. The van der Waals surface area contributed by atoms with Gasteiger partial charge in [-0.3, -0.25) is 9.69 Å². The average Bonchev–Trinajstić information content (AvgIpc) is 3.57. The average molecular weight is 656 g/mol. The molecule has 1 aliphatic heterocycles. The molecule has 0 radical (unpaired) electrons. The Kier molecular flexibility index (Phi) is 9.60. The van der Waals surface area contributed by atoms with Crippen LogP contribution in [0.25, 0.3) is 22.4 Å². The molecule has 252 valence electrons. The number of carbonyl (C=O) groups excluding carboxylic acids is 1. The van der Waals surface area contributed by atoms with E-state index in [1.54, 1.807) is 19.6 Å². The van der Waals surface area contributed by atoms with E-state index in [1.807, 2.05) is 66.4 Å². The normalized spacial score (nSPS) is 21.4. The molecule has 2 aromatic heterocycles. The summed E-state index contributed by atoms with van der Waals surface area (Å²) in [5, 5.41) is 11.5. The van der Waals surface area contributed by atoms with Crippen molar-refractivity contribution in [3.63, 3.8) is 0 Å². The zero-order valence-electron chi connectivity index (χ0n) is 28.4. The predicted octanol–water partition coefficient (Wildman–Crippen LogP) is 7.06. The van der Waals surface area contributed by atoms with Crippen LogP contribution in [0.15, 0.2) is 110 Å². The van der Waals surface area contributed by atoms with E-state index in [1.165, 1.54) is 5.56 Å². The van der Waals surface area contributed by atoms with Gasteiger partial charge < -0.3 is 19.3 Å². The van der Waals surface area contributed by atoms with E-state index in [0.717, 1.165) is 73.3 Å². The highest BCUT2D eigenvalue weighted by atomic mass is 16.5. The summed E-state index contributed by atoms with van der Waals surface area (Å²) in [6, 6.07) is 32.6. The van der Waals surface area contributed by atoms with Crippen LogP contribution in [-0.2, 0) is 13.0 Å². The molecule has 3 aromatic carbocycles. The number of carbonyl (C=O) groups is 1. The first-order chi connectivity index (χ1) is 23.9. The number of aliphatic hydroxyl groups is 1. The smallest absolute Gasteiger partial charge is 0.275 e. The van der Waals surface area contributed by atoms with Crippen molar-refractivity contribution in [2.75, 3.05) is 26.7 Å². The molecule has 1 saturated heterocycles. The second kappa shape index (κ2) is 14.4. The van der Waals surface area contributed by atoms with Gasteiger partial charge in [-0.2, -0.15) is 0 Å². The lowest BCUT2D eigenvalue weighted by molar-refractivity contribution is -0.0243. The molecule has 0 bridgehead atoms. The van der Waals surface area contributed by atoms with Crippen LogP contribution in [0.3, 0.4) is 0 Å². The van der Waals surface area contributed by atoms with E-state index in [0.29, 0.717) is 24.5 Å². The van der Waals surface area contributed by atoms with Crippen LogP contribution in [-0.4, -0.2) is 73.7 Å². The van der Waals surface area contributed by atoms with Gasteiger partial charge in [0.05, 0.1) is 30.8 Å². The summed E-state index contributed by atoms with van der Waals surface area (Å²) < 4.78 is 7.73.